The summed E-state index contributed by atoms with van der Waals surface area (Å²) in [6.45, 7) is 5.23. The maximum absolute atomic E-state index is 12.6. The van der Waals surface area contributed by atoms with Crippen LogP contribution in [-0.2, 0) is 9.59 Å². The fourth-order valence-corrected chi connectivity index (χ4v) is 2.97. The second-order valence-corrected chi connectivity index (χ2v) is 6.29. The van der Waals surface area contributed by atoms with Gasteiger partial charge in [-0.15, -0.1) is 0 Å². The van der Waals surface area contributed by atoms with E-state index in [1.54, 1.807) is 7.05 Å². The molecule has 0 bridgehead atoms. The zero-order valence-electron chi connectivity index (χ0n) is 12.6. The van der Waals surface area contributed by atoms with Crippen LogP contribution < -0.4 is 10.2 Å². The summed E-state index contributed by atoms with van der Waals surface area (Å²) in [5.41, 5.74) is 0.873. The molecule has 0 aliphatic carbocycles. The third kappa shape index (κ3) is 3.39. The number of fused-ring (bicyclic) bond motifs is 1. The number of benzene rings is 1. The zero-order chi connectivity index (χ0) is 15.6. The van der Waals surface area contributed by atoms with Gasteiger partial charge >= 0.3 is 0 Å². The number of nitrogens with one attached hydrogen (secondary N) is 1. The molecule has 0 fully saturated rings. The molecule has 0 radical (unpaired) electrons. The summed E-state index contributed by atoms with van der Waals surface area (Å²) in [5.74, 6) is -0.350. The van der Waals surface area contributed by atoms with Crippen molar-refractivity contribution in [3.63, 3.8) is 0 Å². The van der Waals surface area contributed by atoms with Gasteiger partial charge in [0.25, 0.3) is 5.91 Å². The predicted octanol–water partition coefficient (Wildman–Crippen LogP) is 2.42. The van der Waals surface area contributed by atoms with Crippen molar-refractivity contribution in [1.29, 1.82) is 0 Å². The Bertz CT molecular complexity index is 633. The lowest BCUT2D eigenvalue weighted by molar-refractivity contribution is -0.127. The lowest BCUT2D eigenvalue weighted by Crippen LogP contribution is -2.49. The first-order chi connectivity index (χ1) is 9.90. The van der Waals surface area contributed by atoms with Gasteiger partial charge in [-0.05, 0) is 18.1 Å². The average molecular weight is 305 g/mol. The first-order valence-corrected chi connectivity index (χ1v) is 7.62. The highest BCUT2D eigenvalue weighted by Crippen LogP contribution is 2.28. The number of carbonyl (C=O) groups is 2. The maximum Gasteiger partial charge on any atom is 0.251 e. The molecule has 5 nitrogen and oxygen atoms in total. The molecule has 1 aromatic heterocycles. The van der Waals surface area contributed by atoms with E-state index in [0.717, 1.165) is 10.2 Å². The van der Waals surface area contributed by atoms with Crippen molar-refractivity contribution in [2.75, 3.05) is 11.9 Å². The van der Waals surface area contributed by atoms with Crippen molar-refractivity contribution in [3.8, 4) is 0 Å². The fourth-order valence-electron chi connectivity index (χ4n) is 2.04. The Morgan fingerprint density at radius 1 is 1.29 bits per heavy atom. The minimum atomic E-state index is -0.542. The van der Waals surface area contributed by atoms with Crippen LogP contribution >= 0.6 is 11.3 Å². The predicted molar refractivity (Wildman–Crippen MR) is 85.5 cm³/mol. The maximum atomic E-state index is 12.6. The molecule has 21 heavy (non-hydrogen) atoms. The van der Waals surface area contributed by atoms with Crippen molar-refractivity contribution in [1.82, 2.24) is 10.3 Å². The minimum absolute atomic E-state index is 0.0122. The summed E-state index contributed by atoms with van der Waals surface area (Å²) >= 11 is 1.46. The number of amides is 2. The molecule has 0 spiro atoms. The number of thiazole rings is 1. The molecule has 1 N–H and O–H groups in total. The number of hydrogen-bond acceptors (Lipinski definition) is 4. The molecule has 0 aliphatic heterocycles. The van der Waals surface area contributed by atoms with Crippen LogP contribution in [0.3, 0.4) is 0 Å². The van der Waals surface area contributed by atoms with Crippen molar-refractivity contribution >= 4 is 38.5 Å². The van der Waals surface area contributed by atoms with Crippen molar-refractivity contribution in [2.24, 2.45) is 5.92 Å². The van der Waals surface area contributed by atoms with Gasteiger partial charge in [-0.2, -0.15) is 0 Å². The van der Waals surface area contributed by atoms with Crippen LogP contribution in [0.15, 0.2) is 24.3 Å². The van der Waals surface area contributed by atoms with Gasteiger partial charge in [0.15, 0.2) is 5.13 Å². The first kappa shape index (κ1) is 15.4. The summed E-state index contributed by atoms with van der Waals surface area (Å²) in [7, 11) is 1.69. The number of hydrogen-bond donors (Lipinski definition) is 1. The SMILES string of the molecule is CC(=O)N[C@H](C(=O)N(C)c1nc2ccccc2s1)C(C)C. The Kier molecular flexibility index (Phi) is 4.57. The molecule has 0 saturated carbocycles. The molecular weight excluding hydrogens is 286 g/mol. The molecule has 0 saturated heterocycles. The van der Waals surface area contributed by atoms with Gasteiger partial charge in [0, 0.05) is 14.0 Å². The van der Waals surface area contributed by atoms with E-state index in [1.165, 1.54) is 23.2 Å². The van der Waals surface area contributed by atoms with Crippen LogP contribution in [0.1, 0.15) is 20.8 Å². The van der Waals surface area contributed by atoms with E-state index in [0.29, 0.717) is 5.13 Å². The molecule has 2 aromatic rings. The number of para-hydroxylation sites is 1. The Hall–Kier alpha value is -1.95. The molecule has 0 unspecified atom stereocenters. The molecule has 1 atom stereocenters. The highest BCUT2D eigenvalue weighted by molar-refractivity contribution is 7.22. The van der Waals surface area contributed by atoms with Gasteiger partial charge < -0.3 is 5.32 Å². The largest absolute Gasteiger partial charge is 0.344 e. The number of nitrogens with zero attached hydrogens (tertiary/aromatic N) is 2. The normalized spacial score (nSPS) is 12.4. The van der Waals surface area contributed by atoms with E-state index in [1.807, 2.05) is 38.1 Å². The number of carbonyl (C=O) groups excluding carboxylic acids is 2. The summed E-state index contributed by atoms with van der Waals surface area (Å²) in [4.78, 5) is 29.8. The van der Waals surface area contributed by atoms with Gasteiger partial charge in [0.05, 0.1) is 10.2 Å². The van der Waals surface area contributed by atoms with Crippen LogP contribution in [0, 0.1) is 5.92 Å². The molecule has 1 aromatic carbocycles. The summed E-state index contributed by atoms with van der Waals surface area (Å²) in [5, 5.41) is 3.35. The van der Waals surface area contributed by atoms with Crippen LogP contribution in [0.25, 0.3) is 10.2 Å². The lowest BCUT2D eigenvalue weighted by atomic mass is 10.0. The molecule has 6 heteroatoms. The first-order valence-electron chi connectivity index (χ1n) is 6.80. The molecule has 1 heterocycles. The average Bonchev–Trinajstić information content (AvgIpc) is 2.86. The number of anilines is 1. The molecule has 112 valence electrons. The molecular formula is C15H19N3O2S. The summed E-state index contributed by atoms with van der Waals surface area (Å²) in [6, 6.07) is 7.21. The van der Waals surface area contributed by atoms with Gasteiger partial charge in [0.1, 0.15) is 6.04 Å². The van der Waals surface area contributed by atoms with E-state index >= 15 is 0 Å². The lowest BCUT2D eigenvalue weighted by Gasteiger charge is -2.25. The number of likely N-dealkylation sites (N-methyl/N-ethyl adjacent to an activating group) is 1. The third-order valence-electron chi connectivity index (χ3n) is 3.19. The van der Waals surface area contributed by atoms with Gasteiger partial charge in [0.2, 0.25) is 5.91 Å². The number of rotatable bonds is 4. The molecule has 2 amide bonds. The van der Waals surface area contributed by atoms with Crippen molar-refractivity contribution < 1.29 is 9.59 Å². The molecule has 0 aliphatic rings. The minimum Gasteiger partial charge on any atom is -0.344 e. The topological polar surface area (TPSA) is 62.3 Å². The van der Waals surface area contributed by atoms with Crippen LogP contribution in [-0.4, -0.2) is 29.9 Å². The second kappa shape index (κ2) is 6.22. The van der Waals surface area contributed by atoms with E-state index in [9.17, 15) is 9.59 Å². The van der Waals surface area contributed by atoms with Gasteiger partial charge in [-0.1, -0.05) is 37.3 Å². The second-order valence-electron chi connectivity index (χ2n) is 5.28. The third-order valence-corrected chi connectivity index (χ3v) is 4.30. The Balaban J connectivity index is 2.26. The molecule has 2 rings (SSSR count). The summed E-state index contributed by atoms with van der Waals surface area (Å²) < 4.78 is 1.03. The van der Waals surface area contributed by atoms with E-state index in [2.05, 4.69) is 10.3 Å². The highest BCUT2D eigenvalue weighted by atomic mass is 32.1. The van der Waals surface area contributed by atoms with Gasteiger partial charge in [-0.3, -0.25) is 14.5 Å². The summed E-state index contributed by atoms with van der Waals surface area (Å²) in [6.07, 6.45) is 0. The number of aromatic nitrogens is 1. The van der Waals surface area contributed by atoms with Gasteiger partial charge in [-0.25, -0.2) is 4.98 Å². The monoisotopic (exact) mass is 305 g/mol. The van der Waals surface area contributed by atoms with Crippen LogP contribution in [0.2, 0.25) is 0 Å². The van der Waals surface area contributed by atoms with Crippen LogP contribution in [0.4, 0.5) is 5.13 Å². The zero-order valence-corrected chi connectivity index (χ0v) is 13.4. The Morgan fingerprint density at radius 3 is 2.52 bits per heavy atom. The van der Waals surface area contributed by atoms with E-state index < -0.39 is 6.04 Å². The quantitative estimate of drug-likeness (QED) is 0.943. The fraction of sp³-hybridized carbons (Fsp3) is 0.400. The standard InChI is InChI=1S/C15H19N3O2S/c1-9(2)13(16-10(3)19)14(20)18(4)15-17-11-7-5-6-8-12(11)21-15/h5-9,13H,1-4H3,(H,16,19)/t13-/m0/s1. The van der Waals surface area contributed by atoms with Crippen LogP contribution in [0.5, 0.6) is 0 Å². The Morgan fingerprint density at radius 2 is 1.95 bits per heavy atom. The van der Waals surface area contributed by atoms with E-state index in [4.69, 9.17) is 0 Å². The Labute approximate surface area is 128 Å². The van der Waals surface area contributed by atoms with E-state index in [-0.39, 0.29) is 17.7 Å². The highest BCUT2D eigenvalue weighted by Gasteiger charge is 2.28. The van der Waals surface area contributed by atoms with Crippen molar-refractivity contribution in [2.45, 2.75) is 26.8 Å². The smallest absolute Gasteiger partial charge is 0.251 e. The van der Waals surface area contributed by atoms with Crippen molar-refractivity contribution in [3.05, 3.63) is 24.3 Å².